The minimum atomic E-state index is 0.0982. The molecule has 0 saturated carbocycles. The lowest BCUT2D eigenvalue weighted by molar-refractivity contribution is 0.168. The SMILES string of the molecule is COc1cccc(C(C(C)N)N2CCSC(C)(C)C2)c1. The van der Waals surface area contributed by atoms with Gasteiger partial charge in [0.05, 0.1) is 7.11 Å². The first kappa shape index (κ1) is 15.7. The van der Waals surface area contributed by atoms with Crippen LogP contribution in [0.1, 0.15) is 32.4 Å². The van der Waals surface area contributed by atoms with Gasteiger partial charge in [0.15, 0.2) is 0 Å². The largest absolute Gasteiger partial charge is 0.497 e. The summed E-state index contributed by atoms with van der Waals surface area (Å²) >= 11 is 2.05. The van der Waals surface area contributed by atoms with E-state index >= 15 is 0 Å². The predicted octanol–water partition coefficient (Wildman–Crippen LogP) is 2.91. The monoisotopic (exact) mass is 294 g/mol. The van der Waals surface area contributed by atoms with Gasteiger partial charge in [-0.1, -0.05) is 12.1 Å². The van der Waals surface area contributed by atoms with E-state index in [1.54, 1.807) is 7.11 Å². The summed E-state index contributed by atoms with van der Waals surface area (Å²) in [6.07, 6.45) is 0. The molecule has 1 fully saturated rings. The van der Waals surface area contributed by atoms with Gasteiger partial charge in [-0.3, -0.25) is 4.90 Å². The Hall–Kier alpha value is -0.710. The van der Waals surface area contributed by atoms with Crippen molar-refractivity contribution in [3.8, 4) is 5.75 Å². The fourth-order valence-corrected chi connectivity index (χ4v) is 4.10. The molecule has 0 aromatic heterocycles. The second-order valence-electron chi connectivity index (χ2n) is 6.16. The van der Waals surface area contributed by atoms with E-state index < -0.39 is 0 Å². The highest BCUT2D eigenvalue weighted by molar-refractivity contribution is 8.00. The maximum atomic E-state index is 6.29. The van der Waals surface area contributed by atoms with Gasteiger partial charge in [0.2, 0.25) is 0 Å². The fourth-order valence-electron chi connectivity index (χ4n) is 2.96. The van der Waals surface area contributed by atoms with Crippen molar-refractivity contribution in [1.82, 2.24) is 4.90 Å². The number of hydrogen-bond acceptors (Lipinski definition) is 4. The van der Waals surface area contributed by atoms with Crippen LogP contribution in [0.25, 0.3) is 0 Å². The highest BCUT2D eigenvalue weighted by atomic mass is 32.2. The van der Waals surface area contributed by atoms with Crippen LogP contribution >= 0.6 is 11.8 Å². The normalized spacial score (nSPS) is 22.2. The summed E-state index contributed by atoms with van der Waals surface area (Å²) in [5.41, 5.74) is 7.54. The molecule has 1 aliphatic rings. The molecule has 1 aromatic carbocycles. The molecular weight excluding hydrogens is 268 g/mol. The fraction of sp³-hybridized carbons (Fsp3) is 0.625. The quantitative estimate of drug-likeness (QED) is 0.926. The molecule has 2 rings (SSSR count). The van der Waals surface area contributed by atoms with Gasteiger partial charge >= 0.3 is 0 Å². The molecule has 4 heteroatoms. The van der Waals surface area contributed by atoms with Crippen molar-refractivity contribution in [1.29, 1.82) is 0 Å². The average molecular weight is 294 g/mol. The van der Waals surface area contributed by atoms with Crippen molar-refractivity contribution < 1.29 is 4.74 Å². The Balaban J connectivity index is 2.26. The first-order chi connectivity index (χ1) is 9.43. The van der Waals surface area contributed by atoms with Gasteiger partial charge in [-0.05, 0) is 38.5 Å². The molecular formula is C16H26N2OS. The van der Waals surface area contributed by atoms with Crippen LogP contribution in [0.4, 0.5) is 0 Å². The number of thioether (sulfide) groups is 1. The van der Waals surface area contributed by atoms with Crippen LogP contribution in [0.2, 0.25) is 0 Å². The van der Waals surface area contributed by atoms with Gasteiger partial charge in [-0.15, -0.1) is 0 Å². The lowest BCUT2D eigenvalue weighted by Crippen LogP contribution is -2.49. The zero-order chi connectivity index (χ0) is 14.8. The molecule has 0 aliphatic carbocycles. The molecule has 112 valence electrons. The van der Waals surface area contributed by atoms with Gasteiger partial charge < -0.3 is 10.5 Å². The molecule has 1 saturated heterocycles. The predicted molar refractivity (Wildman–Crippen MR) is 87.5 cm³/mol. The Morgan fingerprint density at radius 2 is 2.15 bits per heavy atom. The second kappa shape index (κ2) is 6.37. The van der Waals surface area contributed by atoms with Gasteiger partial charge in [-0.2, -0.15) is 11.8 Å². The minimum absolute atomic E-state index is 0.0982. The lowest BCUT2D eigenvalue weighted by atomic mass is 9.97. The number of hydrogen-bond donors (Lipinski definition) is 1. The summed E-state index contributed by atoms with van der Waals surface area (Å²) in [5, 5.41) is 0. The highest BCUT2D eigenvalue weighted by Gasteiger charge is 2.33. The van der Waals surface area contributed by atoms with E-state index in [0.29, 0.717) is 4.75 Å². The Morgan fingerprint density at radius 1 is 1.40 bits per heavy atom. The summed E-state index contributed by atoms with van der Waals surface area (Å²) in [5.74, 6) is 2.07. The van der Waals surface area contributed by atoms with Crippen molar-refractivity contribution in [2.75, 3.05) is 26.0 Å². The number of nitrogens with two attached hydrogens (primary N) is 1. The van der Waals surface area contributed by atoms with Crippen LogP contribution in [-0.2, 0) is 0 Å². The Morgan fingerprint density at radius 3 is 2.75 bits per heavy atom. The van der Waals surface area contributed by atoms with E-state index in [2.05, 4.69) is 37.8 Å². The molecule has 2 unspecified atom stereocenters. The highest BCUT2D eigenvalue weighted by Crippen LogP contribution is 2.35. The van der Waals surface area contributed by atoms with Gasteiger partial charge in [-0.25, -0.2) is 0 Å². The van der Waals surface area contributed by atoms with Crippen LogP contribution in [0, 0.1) is 0 Å². The van der Waals surface area contributed by atoms with E-state index in [1.165, 1.54) is 11.3 Å². The summed E-state index contributed by atoms with van der Waals surface area (Å²) in [6.45, 7) is 8.89. The Labute approximate surface area is 126 Å². The van der Waals surface area contributed by atoms with Crippen LogP contribution in [0.5, 0.6) is 5.75 Å². The van der Waals surface area contributed by atoms with Crippen LogP contribution in [-0.4, -0.2) is 41.6 Å². The molecule has 0 spiro atoms. The molecule has 0 amide bonds. The number of nitrogens with zero attached hydrogens (tertiary/aromatic N) is 1. The second-order valence-corrected chi connectivity index (χ2v) is 7.96. The molecule has 0 radical (unpaired) electrons. The molecule has 2 N–H and O–H groups in total. The Kier molecular flexibility index (Phi) is 4.99. The Bertz CT molecular complexity index is 448. The lowest BCUT2D eigenvalue weighted by Gasteiger charge is -2.43. The summed E-state index contributed by atoms with van der Waals surface area (Å²) in [6, 6.07) is 8.66. The van der Waals surface area contributed by atoms with E-state index in [0.717, 1.165) is 18.8 Å². The molecule has 1 aromatic rings. The van der Waals surface area contributed by atoms with Crippen molar-refractivity contribution in [2.45, 2.75) is 37.6 Å². The van der Waals surface area contributed by atoms with Crippen molar-refractivity contribution >= 4 is 11.8 Å². The molecule has 1 heterocycles. The first-order valence-corrected chi connectivity index (χ1v) is 8.19. The maximum absolute atomic E-state index is 6.29. The third-order valence-electron chi connectivity index (χ3n) is 3.78. The maximum Gasteiger partial charge on any atom is 0.119 e. The van der Waals surface area contributed by atoms with Gasteiger partial charge in [0.1, 0.15) is 5.75 Å². The van der Waals surface area contributed by atoms with Crippen molar-refractivity contribution in [3.63, 3.8) is 0 Å². The molecule has 2 atom stereocenters. The van der Waals surface area contributed by atoms with Crippen LogP contribution in [0.15, 0.2) is 24.3 Å². The van der Waals surface area contributed by atoms with Crippen LogP contribution < -0.4 is 10.5 Å². The van der Waals surface area contributed by atoms with Crippen molar-refractivity contribution in [3.05, 3.63) is 29.8 Å². The summed E-state index contributed by atoms with van der Waals surface area (Å²) in [7, 11) is 1.71. The third kappa shape index (κ3) is 3.68. The summed E-state index contributed by atoms with van der Waals surface area (Å²) in [4.78, 5) is 2.52. The van der Waals surface area contributed by atoms with E-state index in [4.69, 9.17) is 10.5 Å². The van der Waals surface area contributed by atoms with Crippen molar-refractivity contribution in [2.24, 2.45) is 5.73 Å². The topological polar surface area (TPSA) is 38.5 Å². The summed E-state index contributed by atoms with van der Waals surface area (Å²) < 4.78 is 5.65. The zero-order valence-corrected chi connectivity index (χ0v) is 13.7. The zero-order valence-electron chi connectivity index (χ0n) is 12.9. The molecule has 20 heavy (non-hydrogen) atoms. The molecule has 3 nitrogen and oxygen atoms in total. The number of methoxy groups -OCH3 is 1. The van der Waals surface area contributed by atoms with Gasteiger partial charge in [0.25, 0.3) is 0 Å². The van der Waals surface area contributed by atoms with E-state index in [1.807, 2.05) is 23.9 Å². The number of rotatable bonds is 4. The van der Waals surface area contributed by atoms with Gasteiger partial charge in [0, 0.05) is 35.7 Å². The molecule has 0 bridgehead atoms. The average Bonchev–Trinajstić information content (AvgIpc) is 2.37. The third-order valence-corrected chi connectivity index (χ3v) is 5.08. The number of ether oxygens (including phenoxy) is 1. The smallest absolute Gasteiger partial charge is 0.119 e. The molecule has 1 aliphatic heterocycles. The van der Waals surface area contributed by atoms with E-state index in [-0.39, 0.29) is 12.1 Å². The first-order valence-electron chi connectivity index (χ1n) is 7.20. The number of benzene rings is 1. The minimum Gasteiger partial charge on any atom is -0.497 e. The standard InChI is InChI=1S/C16H26N2OS/c1-12(17)15(13-6-5-7-14(10-13)19-4)18-8-9-20-16(2,3)11-18/h5-7,10,12,15H,8-9,11,17H2,1-4H3. The van der Waals surface area contributed by atoms with E-state index in [9.17, 15) is 0 Å². The van der Waals surface area contributed by atoms with Crippen LogP contribution in [0.3, 0.4) is 0 Å².